The first-order valence-electron chi connectivity index (χ1n) is 6.26. The number of nitrogens with one attached hydrogen (secondary N) is 2. The first-order chi connectivity index (χ1) is 9.05. The second-order valence-corrected chi connectivity index (χ2v) is 4.97. The van der Waals surface area contributed by atoms with Gasteiger partial charge in [-0.3, -0.25) is 4.79 Å². The summed E-state index contributed by atoms with van der Waals surface area (Å²) in [7, 11) is 0. The van der Waals surface area contributed by atoms with E-state index in [0.29, 0.717) is 0 Å². The van der Waals surface area contributed by atoms with E-state index >= 15 is 0 Å². The molecule has 2 rings (SSSR count). The number of nitrogens with zero attached hydrogens (tertiary/aromatic N) is 1. The van der Waals surface area contributed by atoms with Gasteiger partial charge in [-0.1, -0.05) is 12.1 Å². The molecule has 0 saturated heterocycles. The van der Waals surface area contributed by atoms with Gasteiger partial charge in [-0.05, 0) is 37.8 Å². The van der Waals surface area contributed by atoms with Crippen LogP contribution in [0.3, 0.4) is 0 Å². The number of nitriles is 1. The zero-order valence-corrected chi connectivity index (χ0v) is 10.7. The molecule has 1 fully saturated rings. The van der Waals surface area contributed by atoms with Gasteiger partial charge in [-0.2, -0.15) is 5.26 Å². The molecule has 1 aliphatic rings. The van der Waals surface area contributed by atoms with E-state index in [0.717, 1.165) is 12.8 Å². The van der Waals surface area contributed by atoms with Gasteiger partial charge in [0.2, 0.25) is 5.91 Å². The standard InChI is InChI=1S/C14H16FN3O/c1-14(9-16,10-6-7-10)18-13(19)8-17-12-5-3-2-4-11(12)15/h2-5,10,17H,6-8H2,1H3,(H,18,19)/t14-/m0/s1. The molecule has 1 aliphatic carbocycles. The van der Waals surface area contributed by atoms with Crippen LogP contribution in [0.25, 0.3) is 0 Å². The SMILES string of the molecule is C[C@@](C#N)(NC(=O)CNc1ccccc1F)C1CC1. The van der Waals surface area contributed by atoms with Crippen LogP contribution < -0.4 is 10.6 Å². The van der Waals surface area contributed by atoms with Crippen molar-refractivity contribution in [3.8, 4) is 6.07 Å². The smallest absolute Gasteiger partial charge is 0.240 e. The summed E-state index contributed by atoms with van der Waals surface area (Å²) in [4.78, 5) is 11.8. The fraction of sp³-hybridized carbons (Fsp3) is 0.429. The summed E-state index contributed by atoms with van der Waals surface area (Å²) < 4.78 is 13.3. The van der Waals surface area contributed by atoms with E-state index in [1.807, 2.05) is 0 Å². The number of benzene rings is 1. The van der Waals surface area contributed by atoms with Crippen molar-refractivity contribution in [1.82, 2.24) is 5.32 Å². The molecule has 19 heavy (non-hydrogen) atoms. The van der Waals surface area contributed by atoms with Crippen LogP contribution in [0.15, 0.2) is 24.3 Å². The van der Waals surface area contributed by atoms with Gasteiger partial charge in [0.05, 0.1) is 18.3 Å². The van der Waals surface area contributed by atoms with E-state index < -0.39 is 11.4 Å². The Labute approximate surface area is 111 Å². The van der Waals surface area contributed by atoms with Crippen molar-refractivity contribution in [2.45, 2.75) is 25.3 Å². The predicted octanol–water partition coefficient (Wildman–Crippen LogP) is 2.05. The number of carbonyl (C=O) groups excluding carboxylic acids is 1. The highest BCUT2D eigenvalue weighted by atomic mass is 19.1. The topological polar surface area (TPSA) is 64.9 Å². The molecule has 5 heteroatoms. The fourth-order valence-electron chi connectivity index (χ4n) is 2.00. The zero-order chi connectivity index (χ0) is 13.9. The quantitative estimate of drug-likeness (QED) is 0.852. The summed E-state index contributed by atoms with van der Waals surface area (Å²) in [6, 6.07) is 8.30. The van der Waals surface area contributed by atoms with Crippen LogP contribution in [0.2, 0.25) is 0 Å². The molecule has 0 aliphatic heterocycles. The Balaban J connectivity index is 1.88. The largest absolute Gasteiger partial charge is 0.374 e. The van der Waals surface area contributed by atoms with E-state index in [9.17, 15) is 9.18 Å². The molecule has 1 atom stereocenters. The van der Waals surface area contributed by atoms with Gasteiger partial charge < -0.3 is 10.6 Å². The van der Waals surface area contributed by atoms with E-state index in [-0.39, 0.29) is 24.1 Å². The normalized spacial score (nSPS) is 17.1. The van der Waals surface area contributed by atoms with Crippen LogP contribution in [0.4, 0.5) is 10.1 Å². The van der Waals surface area contributed by atoms with Crippen LogP contribution in [0.1, 0.15) is 19.8 Å². The van der Waals surface area contributed by atoms with Crippen molar-refractivity contribution >= 4 is 11.6 Å². The van der Waals surface area contributed by atoms with Crippen LogP contribution in [0.5, 0.6) is 0 Å². The maximum atomic E-state index is 13.3. The van der Waals surface area contributed by atoms with E-state index in [4.69, 9.17) is 5.26 Å². The maximum Gasteiger partial charge on any atom is 0.240 e. The number of para-hydroxylation sites is 1. The molecule has 0 aromatic heterocycles. The summed E-state index contributed by atoms with van der Waals surface area (Å²) in [6.07, 6.45) is 1.93. The minimum atomic E-state index is -0.812. The Morgan fingerprint density at radius 3 is 2.79 bits per heavy atom. The van der Waals surface area contributed by atoms with E-state index in [1.54, 1.807) is 25.1 Å². The summed E-state index contributed by atoms with van der Waals surface area (Å²) >= 11 is 0. The van der Waals surface area contributed by atoms with Crippen LogP contribution in [0, 0.1) is 23.1 Å². The van der Waals surface area contributed by atoms with Gasteiger partial charge in [-0.25, -0.2) is 4.39 Å². The number of carbonyl (C=O) groups is 1. The van der Waals surface area contributed by atoms with Crippen LogP contribution >= 0.6 is 0 Å². The van der Waals surface area contributed by atoms with Gasteiger partial charge in [0.1, 0.15) is 11.4 Å². The van der Waals surface area contributed by atoms with Crippen molar-refractivity contribution in [3.63, 3.8) is 0 Å². The van der Waals surface area contributed by atoms with Gasteiger partial charge in [0.25, 0.3) is 0 Å². The number of rotatable bonds is 5. The van der Waals surface area contributed by atoms with Gasteiger partial charge >= 0.3 is 0 Å². The molecule has 1 amide bonds. The third-order valence-electron chi connectivity index (χ3n) is 3.34. The number of anilines is 1. The lowest BCUT2D eigenvalue weighted by Crippen LogP contribution is -2.48. The molecule has 0 spiro atoms. The van der Waals surface area contributed by atoms with Crippen molar-refractivity contribution in [2.75, 3.05) is 11.9 Å². The molecule has 100 valence electrons. The zero-order valence-electron chi connectivity index (χ0n) is 10.7. The number of amides is 1. The molecule has 2 N–H and O–H groups in total. The first-order valence-corrected chi connectivity index (χ1v) is 6.26. The van der Waals surface area contributed by atoms with Crippen molar-refractivity contribution in [3.05, 3.63) is 30.1 Å². The lowest BCUT2D eigenvalue weighted by atomic mass is 9.98. The lowest BCUT2D eigenvalue weighted by molar-refractivity contribution is -0.120. The predicted molar refractivity (Wildman–Crippen MR) is 69.8 cm³/mol. The molecule has 1 aromatic carbocycles. The Morgan fingerprint density at radius 2 is 2.21 bits per heavy atom. The molecule has 0 bridgehead atoms. The molecular weight excluding hydrogens is 245 g/mol. The van der Waals surface area contributed by atoms with Gasteiger partial charge in [0, 0.05) is 0 Å². The highest BCUT2D eigenvalue weighted by Gasteiger charge is 2.42. The maximum absolute atomic E-state index is 13.3. The number of hydrogen-bond acceptors (Lipinski definition) is 3. The minimum absolute atomic E-state index is 0.0507. The Bertz CT molecular complexity index is 522. The lowest BCUT2D eigenvalue weighted by Gasteiger charge is -2.23. The third-order valence-corrected chi connectivity index (χ3v) is 3.34. The molecule has 0 unspecified atom stereocenters. The highest BCUT2D eigenvalue weighted by Crippen LogP contribution is 2.39. The summed E-state index contributed by atoms with van der Waals surface area (Å²) in [5, 5.41) is 14.6. The van der Waals surface area contributed by atoms with E-state index in [2.05, 4.69) is 16.7 Å². The average Bonchev–Trinajstić information content (AvgIpc) is 3.22. The summed E-state index contributed by atoms with van der Waals surface area (Å²) in [6.45, 7) is 1.68. The first kappa shape index (κ1) is 13.3. The number of hydrogen-bond donors (Lipinski definition) is 2. The molecule has 1 saturated carbocycles. The highest BCUT2D eigenvalue weighted by molar-refractivity contribution is 5.82. The number of halogens is 1. The molecular formula is C14H16FN3O. The van der Waals surface area contributed by atoms with Gasteiger partial charge in [-0.15, -0.1) is 0 Å². The van der Waals surface area contributed by atoms with Crippen molar-refractivity contribution in [1.29, 1.82) is 5.26 Å². The molecule has 4 nitrogen and oxygen atoms in total. The molecule has 1 aromatic rings. The van der Waals surface area contributed by atoms with Gasteiger partial charge in [0.15, 0.2) is 0 Å². The fourth-order valence-corrected chi connectivity index (χ4v) is 2.00. The third kappa shape index (κ3) is 3.22. The Hall–Kier alpha value is -2.09. The molecule has 0 radical (unpaired) electrons. The second-order valence-electron chi connectivity index (χ2n) is 4.97. The minimum Gasteiger partial charge on any atom is -0.374 e. The summed E-state index contributed by atoms with van der Waals surface area (Å²) in [5.41, 5.74) is -0.531. The second kappa shape index (κ2) is 5.27. The van der Waals surface area contributed by atoms with Crippen LogP contribution in [-0.2, 0) is 4.79 Å². The average molecular weight is 261 g/mol. The van der Waals surface area contributed by atoms with Crippen molar-refractivity contribution < 1.29 is 9.18 Å². The molecule has 0 heterocycles. The summed E-state index contributed by atoms with van der Waals surface area (Å²) in [5.74, 6) is -0.477. The van der Waals surface area contributed by atoms with Crippen molar-refractivity contribution in [2.24, 2.45) is 5.92 Å². The Morgan fingerprint density at radius 1 is 1.53 bits per heavy atom. The van der Waals surface area contributed by atoms with Crippen LogP contribution in [-0.4, -0.2) is 18.0 Å². The monoisotopic (exact) mass is 261 g/mol. The Kier molecular flexibility index (Phi) is 3.70. The van der Waals surface area contributed by atoms with E-state index in [1.165, 1.54) is 6.07 Å².